The molecule has 0 aliphatic carbocycles. The van der Waals surface area contributed by atoms with Gasteiger partial charge in [-0.2, -0.15) is 0 Å². The van der Waals surface area contributed by atoms with Crippen molar-refractivity contribution in [3.8, 4) is 5.69 Å². The Kier molecular flexibility index (Phi) is 3.66. The van der Waals surface area contributed by atoms with Crippen molar-refractivity contribution < 1.29 is 4.39 Å². The summed E-state index contributed by atoms with van der Waals surface area (Å²) in [4.78, 5) is 0. The molecule has 0 bridgehead atoms. The molecule has 5 heteroatoms. The van der Waals surface area contributed by atoms with Crippen LogP contribution < -0.4 is 5.32 Å². The van der Waals surface area contributed by atoms with Gasteiger partial charge in [-0.15, -0.1) is 5.10 Å². The molecule has 0 aliphatic heterocycles. The average molecular weight is 262 g/mol. The van der Waals surface area contributed by atoms with Crippen LogP contribution in [0.4, 0.5) is 4.39 Å². The zero-order valence-corrected chi connectivity index (χ0v) is 11.7. The number of benzene rings is 1. The zero-order chi connectivity index (χ0) is 14.0. The summed E-state index contributed by atoms with van der Waals surface area (Å²) in [7, 11) is 0. The molecule has 1 N–H and O–H groups in total. The molecule has 0 radical (unpaired) electrons. The maximum atomic E-state index is 13.3. The van der Waals surface area contributed by atoms with E-state index in [9.17, 15) is 4.39 Å². The highest BCUT2D eigenvalue weighted by molar-refractivity contribution is 5.39. The number of rotatable bonds is 3. The predicted molar refractivity (Wildman–Crippen MR) is 72.6 cm³/mol. The minimum Gasteiger partial charge on any atom is -0.306 e. The van der Waals surface area contributed by atoms with Crippen LogP contribution in [-0.2, 0) is 6.54 Å². The summed E-state index contributed by atoms with van der Waals surface area (Å²) in [5.74, 6) is -0.273. The van der Waals surface area contributed by atoms with Crippen molar-refractivity contribution in [1.82, 2.24) is 20.3 Å². The quantitative estimate of drug-likeness (QED) is 0.924. The third-order valence-corrected chi connectivity index (χ3v) is 2.76. The van der Waals surface area contributed by atoms with E-state index in [1.54, 1.807) is 10.7 Å². The molecule has 0 saturated heterocycles. The summed E-state index contributed by atoms with van der Waals surface area (Å²) in [5.41, 5.74) is 2.54. The first-order chi connectivity index (χ1) is 8.85. The van der Waals surface area contributed by atoms with Gasteiger partial charge in [-0.1, -0.05) is 11.3 Å². The fraction of sp³-hybridized carbons (Fsp3) is 0.429. The van der Waals surface area contributed by atoms with Crippen molar-refractivity contribution in [2.45, 2.75) is 39.8 Å². The number of nitrogens with zero attached hydrogens (tertiary/aromatic N) is 3. The molecule has 0 saturated carbocycles. The van der Waals surface area contributed by atoms with E-state index in [2.05, 4.69) is 36.4 Å². The van der Waals surface area contributed by atoms with E-state index in [0.29, 0.717) is 6.54 Å². The van der Waals surface area contributed by atoms with E-state index >= 15 is 0 Å². The number of aromatic nitrogens is 3. The Hall–Kier alpha value is -1.75. The Morgan fingerprint density at radius 3 is 2.74 bits per heavy atom. The monoisotopic (exact) mass is 262 g/mol. The van der Waals surface area contributed by atoms with Crippen LogP contribution in [0.3, 0.4) is 0 Å². The third-order valence-electron chi connectivity index (χ3n) is 2.76. The van der Waals surface area contributed by atoms with Gasteiger partial charge < -0.3 is 5.32 Å². The smallest absolute Gasteiger partial charge is 0.125 e. The number of nitrogens with one attached hydrogen (secondary N) is 1. The lowest BCUT2D eigenvalue weighted by Crippen LogP contribution is -2.35. The van der Waals surface area contributed by atoms with E-state index in [1.165, 1.54) is 12.1 Å². The number of halogens is 1. The van der Waals surface area contributed by atoms with E-state index in [4.69, 9.17) is 0 Å². The first kappa shape index (κ1) is 13.7. The van der Waals surface area contributed by atoms with Crippen molar-refractivity contribution in [2.24, 2.45) is 0 Å². The van der Waals surface area contributed by atoms with Gasteiger partial charge in [-0.3, -0.25) is 0 Å². The Labute approximate surface area is 112 Å². The Morgan fingerprint density at radius 1 is 1.32 bits per heavy atom. The molecule has 0 atom stereocenters. The van der Waals surface area contributed by atoms with Crippen LogP contribution in [0.15, 0.2) is 24.4 Å². The van der Waals surface area contributed by atoms with Gasteiger partial charge in [0.05, 0.1) is 17.6 Å². The molecular formula is C14H19FN4. The Balaban J connectivity index is 2.19. The highest BCUT2D eigenvalue weighted by Crippen LogP contribution is 2.14. The van der Waals surface area contributed by atoms with Gasteiger partial charge in [0.1, 0.15) is 5.82 Å². The van der Waals surface area contributed by atoms with Crippen molar-refractivity contribution in [2.75, 3.05) is 0 Å². The van der Waals surface area contributed by atoms with Gasteiger partial charge >= 0.3 is 0 Å². The summed E-state index contributed by atoms with van der Waals surface area (Å²) >= 11 is 0. The molecule has 0 spiro atoms. The second kappa shape index (κ2) is 5.09. The third kappa shape index (κ3) is 3.61. The molecule has 0 aliphatic rings. The molecule has 19 heavy (non-hydrogen) atoms. The van der Waals surface area contributed by atoms with Crippen LogP contribution in [-0.4, -0.2) is 20.5 Å². The standard InChI is InChI=1S/C14H19FN4/c1-10-5-6-11(15)7-13(10)19-9-12(17-18-19)8-16-14(2,3)4/h5-7,9,16H,8H2,1-4H3. The van der Waals surface area contributed by atoms with Crippen LogP contribution in [0.2, 0.25) is 0 Å². The molecule has 1 aromatic carbocycles. The molecule has 0 unspecified atom stereocenters. The van der Waals surface area contributed by atoms with Gasteiger partial charge in [-0.05, 0) is 45.4 Å². The lowest BCUT2D eigenvalue weighted by atomic mass is 10.1. The maximum Gasteiger partial charge on any atom is 0.125 e. The van der Waals surface area contributed by atoms with Crippen LogP contribution >= 0.6 is 0 Å². The second-order valence-electron chi connectivity index (χ2n) is 5.69. The maximum absolute atomic E-state index is 13.3. The highest BCUT2D eigenvalue weighted by atomic mass is 19.1. The van der Waals surface area contributed by atoms with Gasteiger partial charge in [0, 0.05) is 12.1 Å². The molecule has 1 heterocycles. The minimum absolute atomic E-state index is 0.0263. The number of aryl methyl sites for hydroxylation is 1. The molecule has 0 amide bonds. The van der Waals surface area contributed by atoms with Gasteiger partial charge in [0.15, 0.2) is 0 Å². The van der Waals surface area contributed by atoms with Crippen LogP contribution in [0.1, 0.15) is 32.0 Å². The van der Waals surface area contributed by atoms with E-state index in [1.807, 2.05) is 13.1 Å². The lowest BCUT2D eigenvalue weighted by molar-refractivity contribution is 0.421. The molecule has 102 valence electrons. The van der Waals surface area contributed by atoms with E-state index in [-0.39, 0.29) is 11.4 Å². The molecule has 0 fully saturated rings. The molecule has 2 rings (SSSR count). The van der Waals surface area contributed by atoms with Crippen molar-refractivity contribution in [1.29, 1.82) is 0 Å². The molecule has 2 aromatic rings. The normalized spacial score (nSPS) is 11.8. The highest BCUT2D eigenvalue weighted by Gasteiger charge is 2.11. The first-order valence-electron chi connectivity index (χ1n) is 6.28. The minimum atomic E-state index is -0.273. The summed E-state index contributed by atoms with van der Waals surface area (Å²) in [5, 5.41) is 11.5. The van der Waals surface area contributed by atoms with Gasteiger partial charge in [-0.25, -0.2) is 9.07 Å². The summed E-state index contributed by atoms with van der Waals surface area (Å²) in [6, 6.07) is 4.64. The molecular weight excluding hydrogens is 243 g/mol. The molecule has 4 nitrogen and oxygen atoms in total. The van der Waals surface area contributed by atoms with E-state index < -0.39 is 0 Å². The number of hydrogen-bond acceptors (Lipinski definition) is 3. The van der Waals surface area contributed by atoms with E-state index in [0.717, 1.165) is 16.9 Å². The van der Waals surface area contributed by atoms with Crippen LogP contribution in [0.5, 0.6) is 0 Å². The zero-order valence-electron chi connectivity index (χ0n) is 11.7. The Morgan fingerprint density at radius 2 is 2.05 bits per heavy atom. The van der Waals surface area contributed by atoms with Gasteiger partial charge in [0.2, 0.25) is 0 Å². The summed E-state index contributed by atoms with van der Waals surface area (Å²) in [6.45, 7) is 8.83. The first-order valence-corrected chi connectivity index (χ1v) is 6.28. The average Bonchev–Trinajstić information content (AvgIpc) is 2.77. The molecule has 1 aromatic heterocycles. The van der Waals surface area contributed by atoms with Crippen molar-refractivity contribution in [3.63, 3.8) is 0 Å². The summed E-state index contributed by atoms with van der Waals surface area (Å²) in [6.07, 6.45) is 1.82. The SMILES string of the molecule is Cc1ccc(F)cc1-n1cc(CNC(C)(C)C)nn1. The fourth-order valence-corrected chi connectivity index (χ4v) is 1.68. The largest absolute Gasteiger partial charge is 0.306 e. The van der Waals surface area contributed by atoms with Gasteiger partial charge in [0.25, 0.3) is 0 Å². The van der Waals surface area contributed by atoms with Crippen molar-refractivity contribution >= 4 is 0 Å². The van der Waals surface area contributed by atoms with Crippen LogP contribution in [0.25, 0.3) is 5.69 Å². The second-order valence-corrected chi connectivity index (χ2v) is 5.69. The number of hydrogen-bond donors (Lipinski definition) is 1. The van der Waals surface area contributed by atoms with Crippen LogP contribution in [0, 0.1) is 12.7 Å². The topological polar surface area (TPSA) is 42.7 Å². The Bertz CT molecular complexity index is 569. The fourth-order valence-electron chi connectivity index (χ4n) is 1.68. The predicted octanol–water partition coefficient (Wildman–Crippen LogP) is 2.60. The lowest BCUT2D eigenvalue weighted by Gasteiger charge is -2.19. The summed E-state index contributed by atoms with van der Waals surface area (Å²) < 4.78 is 14.9. The van der Waals surface area contributed by atoms with Crippen molar-refractivity contribution in [3.05, 3.63) is 41.5 Å².